The highest BCUT2D eigenvalue weighted by Gasteiger charge is 2.37. The molecule has 2 heterocycles. The van der Waals surface area contributed by atoms with Crippen LogP contribution in [0.2, 0.25) is 0 Å². The first-order chi connectivity index (χ1) is 9.11. The van der Waals surface area contributed by atoms with E-state index in [0.717, 1.165) is 31.0 Å². The fraction of sp³-hybridized carbons (Fsp3) is 0.533. The van der Waals surface area contributed by atoms with Gasteiger partial charge in [0.1, 0.15) is 17.4 Å². The lowest BCUT2D eigenvalue weighted by atomic mass is 9.90. The standard InChI is InChI=1S/C15H16F2OS/c16-11-1-4-14(17)9(5-11)8-15(18)10-6-12-2-3-13(7-10)19-12/h1,4-5,10,12-13H,2-3,6-8H2. The van der Waals surface area contributed by atoms with Crippen LogP contribution in [0, 0.1) is 17.6 Å². The fourth-order valence-electron chi connectivity index (χ4n) is 3.13. The molecule has 4 heteroatoms. The van der Waals surface area contributed by atoms with Crippen molar-refractivity contribution >= 4 is 17.5 Å². The van der Waals surface area contributed by atoms with E-state index < -0.39 is 11.6 Å². The topological polar surface area (TPSA) is 17.1 Å². The quantitative estimate of drug-likeness (QED) is 0.840. The molecule has 1 aromatic rings. The van der Waals surface area contributed by atoms with Gasteiger partial charge in [-0.05, 0) is 49.4 Å². The number of ketones is 1. The molecule has 0 aromatic heterocycles. The van der Waals surface area contributed by atoms with Crippen LogP contribution in [0.5, 0.6) is 0 Å². The average Bonchev–Trinajstić information content (AvgIpc) is 2.72. The summed E-state index contributed by atoms with van der Waals surface area (Å²) in [5.41, 5.74) is 0.190. The molecule has 2 aliphatic heterocycles. The van der Waals surface area contributed by atoms with Crippen LogP contribution in [0.3, 0.4) is 0 Å². The maximum Gasteiger partial charge on any atom is 0.140 e. The normalized spacial score (nSPS) is 29.5. The minimum absolute atomic E-state index is 0.0262. The fourth-order valence-corrected chi connectivity index (χ4v) is 4.91. The van der Waals surface area contributed by atoms with E-state index in [1.807, 2.05) is 11.8 Å². The number of carbonyl (C=O) groups is 1. The zero-order valence-electron chi connectivity index (χ0n) is 10.6. The Morgan fingerprint density at radius 1 is 1.21 bits per heavy atom. The van der Waals surface area contributed by atoms with Gasteiger partial charge >= 0.3 is 0 Å². The number of rotatable bonds is 3. The second kappa shape index (κ2) is 5.23. The summed E-state index contributed by atoms with van der Waals surface area (Å²) in [6.45, 7) is 0. The highest BCUT2D eigenvalue weighted by atomic mass is 32.2. The largest absolute Gasteiger partial charge is 0.299 e. The molecule has 3 rings (SSSR count). The Bertz CT molecular complexity index is 491. The van der Waals surface area contributed by atoms with Gasteiger partial charge in [-0.3, -0.25) is 4.79 Å². The number of hydrogen-bond acceptors (Lipinski definition) is 2. The van der Waals surface area contributed by atoms with Crippen molar-refractivity contribution in [3.63, 3.8) is 0 Å². The highest BCUT2D eigenvalue weighted by molar-refractivity contribution is 8.00. The molecule has 0 aliphatic carbocycles. The van der Waals surface area contributed by atoms with Crippen LogP contribution in [0.1, 0.15) is 31.2 Å². The summed E-state index contributed by atoms with van der Waals surface area (Å²) in [6.07, 6.45) is 4.26. The molecule has 2 aliphatic rings. The van der Waals surface area contributed by atoms with Gasteiger partial charge in [0.25, 0.3) is 0 Å². The van der Waals surface area contributed by atoms with Crippen molar-refractivity contribution in [1.82, 2.24) is 0 Å². The number of hydrogen-bond donors (Lipinski definition) is 0. The lowest BCUT2D eigenvalue weighted by Gasteiger charge is -2.26. The Hall–Kier alpha value is -0.900. The van der Waals surface area contributed by atoms with E-state index in [2.05, 4.69) is 0 Å². The third-order valence-corrected chi connectivity index (χ3v) is 5.74. The third kappa shape index (κ3) is 2.83. The minimum atomic E-state index is -0.483. The van der Waals surface area contributed by atoms with E-state index in [1.165, 1.54) is 12.8 Å². The zero-order chi connectivity index (χ0) is 13.4. The summed E-state index contributed by atoms with van der Waals surface area (Å²) in [5, 5.41) is 1.20. The first-order valence-electron chi connectivity index (χ1n) is 6.74. The average molecular weight is 282 g/mol. The second-order valence-electron chi connectivity index (χ2n) is 5.50. The molecule has 1 nitrogen and oxygen atoms in total. The summed E-state index contributed by atoms with van der Waals surface area (Å²) < 4.78 is 26.6. The van der Waals surface area contributed by atoms with Gasteiger partial charge < -0.3 is 0 Å². The third-order valence-electron chi connectivity index (χ3n) is 4.12. The first-order valence-corrected chi connectivity index (χ1v) is 7.68. The number of fused-ring (bicyclic) bond motifs is 2. The van der Waals surface area contributed by atoms with Crippen LogP contribution < -0.4 is 0 Å². The predicted molar refractivity (Wildman–Crippen MR) is 72.2 cm³/mol. The van der Waals surface area contributed by atoms with E-state index in [4.69, 9.17) is 0 Å². The number of carbonyl (C=O) groups excluding carboxylic acids is 1. The molecule has 2 atom stereocenters. The van der Waals surface area contributed by atoms with Crippen molar-refractivity contribution in [1.29, 1.82) is 0 Å². The molecular formula is C15H16F2OS. The van der Waals surface area contributed by atoms with E-state index in [0.29, 0.717) is 10.5 Å². The van der Waals surface area contributed by atoms with Gasteiger partial charge in [0, 0.05) is 22.8 Å². The Balaban J connectivity index is 1.69. The van der Waals surface area contributed by atoms with Gasteiger partial charge in [-0.2, -0.15) is 11.8 Å². The van der Waals surface area contributed by atoms with Crippen molar-refractivity contribution in [2.24, 2.45) is 5.92 Å². The summed E-state index contributed by atoms with van der Waals surface area (Å²) in [7, 11) is 0. The maximum absolute atomic E-state index is 13.5. The van der Waals surface area contributed by atoms with Crippen LogP contribution >= 0.6 is 11.8 Å². The van der Waals surface area contributed by atoms with E-state index in [1.54, 1.807) is 0 Å². The molecule has 0 amide bonds. The first kappa shape index (κ1) is 13.1. The molecular weight excluding hydrogens is 266 g/mol. The van der Waals surface area contributed by atoms with Crippen LogP contribution in [0.15, 0.2) is 18.2 Å². The Kier molecular flexibility index (Phi) is 3.61. The highest BCUT2D eigenvalue weighted by Crippen LogP contribution is 2.46. The Morgan fingerprint density at radius 2 is 1.89 bits per heavy atom. The SMILES string of the molecule is O=C(Cc1cc(F)ccc1F)C1CC2CCC(C1)S2. The zero-order valence-corrected chi connectivity index (χ0v) is 11.4. The molecule has 0 N–H and O–H groups in total. The Labute approximate surface area is 115 Å². The van der Waals surface area contributed by atoms with Crippen LogP contribution in [0.4, 0.5) is 8.78 Å². The molecule has 2 unspecified atom stereocenters. The molecule has 0 radical (unpaired) electrons. The molecule has 102 valence electrons. The van der Waals surface area contributed by atoms with Gasteiger partial charge in [0.05, 0.1) is 0 Å². The van der Waals surface area contributed by atoms with Crippen molar-refractivity contribution in [3.8, 4) is 0 Å². The lowest BCUT2D eigenvalue weighted by Crippen LogP contribution is -2.26. The van der Waals surface area contributed by atoms with Gasteiger partial charge in [-0.15, -0.1) is 0 Å². The van der Waals surface area contributed by atoms with E-state index >= 15 is 0 Å². The van der Waals surface area contributed by atoms with Crippen molar-refractivity contribution in [2.75, 3.05) is 0 Å². The second-order valence-corrected chi connectivity index (χ2v) is 7.11. The Morgan fingerprint density at radius 3 is 2.58 bits per heavy atom. The summed E-state index contributed by atoms with van der Waals surface area (Å²) in [4.78, 5) is 12.3. The van der Waals surface area contributed by atoms with Crippen LogP contribution in [0.25, 0.3) is 0 Å². The van der Waals surface area contributed by atoms with Crippen LogP contribution in [-0.2, 0) is 11.2 Å². The van der Waals surface area contributed by atoms with Gasteiger partial charge in [0.15, 0.2) is 0 Å². The number of benzene rings is 1. The molecule has 0 spiro atoms. The van der Waals surface area contributed by atoms with Crippen molar-refractivity contribution in [2.45, 2.75) is 42.6 Å². The van der Waals surface area contributed by atoms with Crippen LogP contribution in [-0.4, -0.2) is 16.3 Å². The van der Waals surface area contributed by atoms with Crippen molar-refractivity contribution in [3.05, 3.63) is 35.4 Å². The monoisotopic (exact) mass is 282 g/mol. The minimum Gasteiger partial charge on any atom is -0.299 e. The predicted octanol–water partition coefficient (Wildman–Crippen LogP) is 3.75. The molecule has 2 bridgehead atoms. The smallest absolute Gasteiger partial charge is 0.140 e. The number of halogens is 2. The summed E-state index contributed by atoms with van der Waals surface area (Å²) >= 11 is 2.00. The lowest BCUT2D eigenvalue weighted by molar-refractivity contribution is -0.122. The van der Waals surface area contributed by atoms with Gasteiger partial charge in [0.2, 0.25) is 0 Å². The molecule has 19 heavy (non-hydrogen) atoms. The number of Topliss-reactive ketones (excluding diaryl/α,β-unsaturated/α-hetero) is 1. The maximum atomic E-state index is 13.5. The molecule has 0 saturated carbocycles. The molecule has 2 saturated heterocycles. The molecule has 1 aromatic carbocycles. The summed E-state index contributed by atoms with van der Waals surface area (Å²) in [5.74, 6) is -0.852. The van der Waals surface area contributed by atoms with E-state index in [-0.39, 0.29) is 23.7 Å². The van der Waals surface area contributed by atoms with Crippen molar-refractivity contribution < 1.29 is 13.6 Å². The summed E-state index contributed by atoms with van der Waals surface area (Å²) in [6, 6.07) is 3.32. The van der Waals surface area contributed by atoms with E-state index in [9.17, 15) is 13.6 Å². The van der Waals surface area contributed by atoms with Gasteiger partial charge in [-0.1, -0.05) is 0 Å². The molecule has 2 fully saturated rings. The number of thioether (sulfide) groups is 1. The van der Waals surface area contributed by atoms with Gasteiger partial charge in [-0.25, -0.2) is 8.78 Å².